The van der Waals surface area contributed by atoms with Crippen LogP contribution in [0.25, 0.3) is 0 Å². The quantitative estimate of drug-likeness (QED) is 0.648. The zero-order valence-electron chi connectivity index (χ0n) is 13.7. The minimum atomic E-state index is -3.66. The summed E-state index contributed by atoms with van der Waals surface area (Å²) >= 11 is 3.33. The van der Waals surface area contributed by atoms with E-state index in [2.05, 4.69) is 20.7 Å². The van der Waals surface area contributed by atoms with Crippen LogP contribution < -0.4 is 4.72 Å². The number of halogens is 1. The molecule has 0 spiro atoms. The molecular weight excluding hydrogens is 398 g/mol. The Hall–Kier alpha value is -1.95. The van der Waals surface area contributed by atoms with E-state index in [1.54, 1.807) is 24.3 Å². The Kier molecular flexibility index (Phi) is 5.37. The van der Waals surface area contributed by atoms with Crippen LogP contribution in [0.2, 0.25) is 0 Å². The van der Waals surface area contributed by atoms with Crippen molar-refractivity contribution in [2.24, 2.45) is 0 Å². The van der Waals surface area contributed by atoms with Crippen molar-refractivity contribution in [3.05, 3.63) is 100 Å². The van der Waals surface area contributed by atoms with Gasteiger partial charge in [-0.2, -0.15) is 4.72 Å². The Balaban J connectivity index is 2.04. The van der Waals surface area contributed by atoms with E-state index in [9.17, 15) is 8.42 Å². The van der Waals surface area contributed by atoms with E-state index >= 15 is 0 Å². The molecule has 0 aliphatic carbocycles. The molecule has 3 aromatic carbocycles. The normalized spacial score (nSPS) is 12.7. The van der Waals surface area contributed by atoms with E-state index < -0.39 is 16.1 Å². The molecule has 0 aliphatic rings. The number of benzene rings is 3. The zero-order chi connectivity index (χ0) is 17.9. The monoisotopic (exact) mass is 415 g/mol. The summed E-state index contributed by atoms with van der Waals surface area (Å²) in [7, 11) is -3.66. The minimum Gasteiger partial charge on any atom is -0.207 e. The summed E-state index contributed by atoms with van der Waals surface area (Å²) in [5.41, 5.74) is 2.88. The third-order valence-corrected chi connectivity index (χ3v) is 6.00. The van der Waals surface area contributed by atoms with E-state index in [0.29, 0.717) is 0 Å². The molecular formula is C20H18BrNO2S. The second-order valence-corrected chi connectivity index (χ2v) is 8.41. The maximum absolute atomic E-state index is 12.9. The molecule has 128 valence electrons. The van der Waals surface area contributed by atoms with Crippen molar-refractivity contribution in [2.45, 2.75) is 17.9 Å². The second kappa shape index (κ2) is 7.52. The van der Waals surface area contributed by atoms with Gasteiger partial charge in [-0.3, -0.25) is 0 Å². The third-order valence-electron chi connectivity index (χ3n) is 4.03. The first-order chi connectivity index (χ1) is 12.0. The average Bonchev–Trinajstić information content (AvgIpc) is 2.61. The van der Waals surface area contributed by atoms with Crippen molar-refractivity contribution >= 4 is 26.0 Å². The average molecular weight is 416 g/mol. The van der Waals surface area contributed by atoms with E-state index in [1.807, 2.05) is 61.5 Å². The molecule has 1 N–H and O–H groups in total. The van der Waals surface area contributed by atoms with Crippen LogP contribution >= 0.6 is 15.9 Å². The van der Waals surface area contributed by atoms with Crippen LogP contribution in [0, 0.1) is 6.92 Å². The molecule has 0 bridgehead atoms. The Morgan fingerprint density at radius 3 is 2.08 bits per heavy atom. The Morgan fingerprint density at radius 2 is 1.44 bits per heavy atom. The van der Waals surface area contributed by atoms with Crippen molar-refractivity contribution in [1.82, 2.24) is 4.72 Å². The highest BCUT2D eigenvalue weighted by atomic mass is 79.9. The van der Waals surface area contributed by atoms with Gasteiger partial charge in [-0.25, -0.2) is 8.42 Å². The van der Waals surface area contributed by atoms with Crippen LogP contribution in [0.15, 0.2) is 88.2 Å². The molecule has 0 saturated heterocycles. The Labute approximate surface area is 156 Å². The highest BCUT2D eigenvalue weighted by molar-refractivity contribution is 9.10. The largest absolute Gasteiger partial charge is 0.241 e. The van der Waals surface area contributed by atoms with Crippen molar-refractivity contribution in [2.75, 3.05) is 0 Å². The lowest BCUT2D eigenvalue weighted by atomic mass is 9.96. The van der Waals surface area contributed by atoms with Crippen molar-refractivity contribution < 1.29 is 8.42 Å². The van der Waals surface area contributed by atoms with Crippen LogP contribution in [0.3, 0.4) is 0 Å². The fraction of sp³-hybridized carbons (Fsp3) is 0.100. The molecule has 3 aromatic rings. The number of nitrogens with one attached hydrogen (secondary N) is 1. The molecule has 1 atom stereocenters. The predicted octanol–water partition coefficient (Wildman–Crippen LogP) is 4.83. The lowest BCUT2D eigenvalue weighted by Crippen LogP contribution is -2.30. The van der Waals surface area contributed by atoms with E-state index in [-0.39, 0.29) is 4.90 Å². The van der Waals surface area contributed by atoms with Gasteiger partial charge in [0.15, 0.2) is 0 Å². The van der Waals surface area contributed by atoms with Crippen LogP contribution in [0.1, 0.15) is 22.7 Å². The summed E-state index contributed by atoms with van der Waals surface area (Å²) in [6.45, 7) is 1.99. The first kappa shape index (κ1) is 17.9. The smallest absolute Gasteiger partial charge is 0.207 e. The molecule has 3 nitrogen and oxygen atoms in total. The molecule has 0 heterocycles. The summed E-state index contributed by atoms with van der Waals surface area (Å²) in [6, 6.07) is 23.6. The summed E-state index contributed by atoms with van der Waals surface area (Å²) in [6.07, 6.45) is 0. The van der Waals surface area contributed by atoms with Gasteiger partial charge in [0.25, 0.3) is 0 Å². The topological polar surface area (TPSA) is 46.2 Å². The lowest BCUT2D eigenvalue weighted by Gasteiger charge is -2.21. The highest BCUT2D eigenvalue weighted by Crippen LogP contribution is 2.27. The fourth-order valence-electron chi connectivity index (χ4n) is 2.70. The van der Waals surface area contributed by atoms with Gasteiger partial charge in [0, 0.05) is 4.47 Å². The third kappa shape index (κ3) is 4.18. The number of rotatable bonds is 5. The van der Waals surface area contributed by atoms with Gasteiger partial charge >= 0.3 is 0 Å². The number of sulfonamides is 1. The van der Waals surface area contributed by atoms with Crippen molar-refractivity contribution in [3.8, 4) is 0 Å². The number of hydrogen-bond acceptors (Lipinski definition) is 2. The number of aryl methyl sites for hydroxylation is 1. The van der Waals surface area contributed by atoms with Gasteiger partial charge in [0.2, 0.25) is 10.0 Å². The molecule has 0 aliphatic heterocycles. The van der Waals surface area contributed by atoms with Gasteiger partial charge < -0.3 is 0 Å². The summed E-state index contributed by atoms with van der Waals surface area (Å²) in [5, 5.41) is 0. The van der Waals surface area contributed by atoms with Gasteiger partial charge in [0.05, 0.1) is 10.9 Å². The van der Waals surface area contributed by atoms with Crippen LogP contribution in [0.4, 0.5) is 0 Å². The van der Waals surface area contributed by atoms with E-state index in [4.69, 9.17) is 0 Å². The van der Waals surface area contributed by atoms with Crippen molar-refractivity contribution in [1.29, 1.82) is 0 Å². The molecule has 0 radical (unpaired) electrons. The van der Waals surface area contributed by atoms with Gasteiger partial charge in [-0.1, -0.05) is 70.5 Å². The zero-order valence-corrected chi connectivity index (χ0v) is 16.1. The van der Waals surface area contributed by atoms with Crippen LogP contribution in [0.5, 0.6) is 0 Å². The highest BCUT2D eigenvalue weighted by Gasteiger charge is 2.23. The Morgan fingerprint density at radius 1 is 0.840 bits per heavy atom. The summed E-state index contributed by atoms with van der Waals surface area (Å²) in [4.78, 5) is 0.241. The Bertz CT molecular complexity index is 955. The number of hydrogen-bond donors (Lipinski definition) is 1. The molecule has 0 fully saturated rings. The first-order valence-electron chi connectivity index (χ1n) is 7.86. The molecule has 0 saturated carbocycles. The SMILES string of the molecule is Cc1ccccc1[C@@H](NS(=O)(=O)c1ccc(Br)cc1)c1ccccc1. The van der Waals surface area contributed by atoms with Gasteiger partial charge in [0.1, 0.15) is 0 Å². The first-order valence-corrected chi connectivity index (χ1v) is 10.1. The molecule has 25 heavy (non-hydrogen) atoms. The molecule has 5 heteroatoms. The molecule has 0 aromatic heterocycles. The minimum absolute atomic E-state index is 0.241. The van der Waals surface area contributed by atoms with Crippen LogP contribution in [-0.4, -0.2) is 8.42 Å². The second-order valence-electron chi connectivity index (χ2n) is 5.78. The maximum atomic E-state index is 12.9. The van der Waals surface area contributed by atoms with Crippen molar-refractivity contribution in [3.63, 3.8) is 0 Å². The lowest BCUT2D eigenvalue weighted by molar-refractivity contribution is 0.572. The van der Waals surface area contributed by atoms with Gasteiger partial charge in [-0.05, 0) is 47.9 Å². The summed E-state index contributed by atoms with van der Waals surface area (Å²) in [5.74, 6) is 0. The molecule has 0 unspecified atom stereocenters. The molecule has 3 rings (SSSR count). The maximum Gasteiger partial charge on any atom is 0.241 e. The summed E-state index contributed by atoms with van der Waals surface area (Å²) < 4.78 is 29.5. The molecule has 0 amide bonds. The standard InChI is InChI=1S/C20H18BrNO2S/c1-15-7-5-6-10-19(15)20(16-8-3-2-4-9-16)22-25(23,24)18-13-11-17(21)12-14-18/h2-14,20,22H,1H3/t20-/m0/s1. The van der Waals surface area contributed by atoms with Crippen LogP contribution in [-0.2, 0) is 10.0 Å². The predicted molar refractivity (Wildman–Crippen MR) is 104 cm³/mol. The van der Waals surface area contributed by atoms with Gasteiger partial charge in [-0.15, -0.1) is 0 Å². The fourth-order valence-corrected chi connectivity index (χ4v) is 4.17. The van der Waals surface area contributed by atoms with E-state index in [1.165, 1.54) is 0 Å². The van der Waals surface area contributed by atoms with E-state index in [0.717, 1.165) is 21.2 Å².